The minimum absolute atomic E-state index is 0.199. The van der Waals surface area contributed by atoms with Crippen LogP contribution in [-0.2, 0) is 11.2 Å². The number of nitrogens with zero attached hydrogens (tertiary/aromatic N) is 1. The molecule has 1 heterocycles. The van der Waals surface area contributed by atoms with E-state index in [-0.39, 0.29) is 5.92 Å². The molecule has 20 heavy (non-hydrogen) atoms. The molecule has 0 spiro atoms. The van der Waals surface area contributed by atoms with Gasteiger partial charge in [0, 0.05) is 24.9 Å². The van der Waals surface area contributed by atoms with E-state index in [1.54, 1.807) is 6.20 Å². The van der Waals surface area contributed by atoms with Gasteiger partial charge in [0.05, 0.1) is 0 Å². The van der Waals surface area contributed by atoms with Gasteiger partial charge in [-0.1, -0.05) is 19.9 Å². The quantitative estimate of drug-likeness (QED) is 0.704. The van der Waals surface area contributed by atoms with Gasteiger partial charge in [0.1, 0.15) is 6.04 Å². The summed E-state index contributed by atoms with van der Waals surface area (Å²) in [7, 11) is 0. The standard InChI is InChI=1S/C14H21N3O3/c1-10(2)9-12(13(18)19)17-14(20)16-8-6-11-5-3-4-7-15-11/h3-5,7,10,12H,6,8-9H2,1-2H3,(H,18,19)(H2,16,17,20). The van der Waals surface area contributed by atoms with Crippen LogP contribution in [0.4, 0.5) is 4.79 Å². The monoisotopic (exact) mass is 279 g/mol. The molecule has 1 rings (SSSR count). The highest BCUT2D eigenvalue weighted by atomic mass is 16.4. The zero-order valence-electron chi connectivity index (χ0n) is 11.8. The zero-order chi connectivity index (χ0) is 15.0. The molecule has 0 aliphatic carbocycles. The molecule has 0 bridgehead atoms. The van der Waals surface area contributed by atoms with Crippen molar-refractivity contribution in [3.05, 3.63) is 30.1 Å². The first-order valence-electron chi connectivity index (χ1n) is 6.66. The second kappa shape index (κ2) is 8.14. The Bertz CT molecular complexity index is 435. The van der Waals surface area contributed by atoms with Crippen LogP contribution in [0.1, 0.15) is 26.0 Å². The van der Waals surface area contributed by atoms with Crippen LogP contribution >= 0.6 is 0 Å². The third kappa shape index (κ3) is 6.17. The number of aliphatic carboxylic acids is 1. The highest BCUT2D eigenvalue weighted by Gasteiger charge is 2.20. The number of nitrogens with one attached hydrogen (secondary N) is 2. The van der Waals surface area contributed by atoms with Gasteiger partial charge in [-0.25, -0.2) is 9.59 Å². The van der Waals surface area contributed by atoms with Crippen LogP contribution in [-0.4, -0.2) is 34.7 Å². The van der Waals surface area contributed by atoms with Crippen LogP contribution in [0.3, 0.4) is 0 Å². The molecule has 3 N–H and O–H groups in total. The van der Waals surface area contributed by atoms with Gasteiger partial charge in [0.15, 0.2) is 0 Å². The number of carboxylic acid groups (broad SMARTS) is 1. The molecule has 0 aliphatic heterocycles. The maximum atomic E-state index is 11.6. The SMILES string of the molecule is CC(C)CC(NC(=O)NCCc1ccccn1)C(=O)O. The number of hydrogen-bond acceptors (Lipinski definition) is 3. The predicted octanol–water partition coefficient (Wildman–Crippen LogP) is 1.42. The zero-order valence-corrected chi connectivity index (χ0v) is 11.8. The minimum atomic E-state index is -1.02. The Labute approximate surface area is 118 Å². The molecule has 2 amide bonds. The second-order valence-electron chi connectivity index (χ2n) is 4.99. The summed E-state index contributed by atoms with van der Waals surface area (Å²) in [5.74, 6) is -0.816. The third-order valence-electron chi connectivity index (χ3n) is 2.70. The number of carbonyl (C=O) groups excluding carboxylic acids is 1. The van der Waals surface area contributed by atoms with E-state index < -0.39 is 18.0 Å². The lowest BCUT2D eigenvalue weighted by molar-refractivity contribution is -0.139. The number of pyridine rings is 1. The van der Waals surface area contributed by atoms with Crippen molar-refractivity contribution >= 4 is 12.0 Å². The van der Waals surface area contributed by atoms with Gasteiger partial charge in [0.2, 0.25) is 0 Å². The van der Waals surface area contributed by atoms with Crippen LogP contribution in [0.5, 0.6) is 0 Å². The topological polar surface area (TPSA) is 91.3 Å². The molecule has 0 aliphatic rings. The maximum Gasteiger partial charge on any atom is 0.326 e. The lowest BCUT2D eigenvalue weighted by Gasteiger charge is -2.16. The van der Waals surface area contributed by atoms with Crippen LogP contribution in [0.25, 0.3) is 0 Å². The van der Waals surface area contributed by atoms with Crippen molar-refractivity contribution in [2.75, 3.05) is 6.54 Å². The molecular weight excluding hydrogens is 258 g/mol. The molecule has 0 aromatic carbocycles. The maximum absolute atomic E-state index is 11.6. The van der Waals surface area contributed by atoms with Crippen molar-refractivity contribution in [1.82, 2.24) is 15.6 Å². The van der Waals surface area contributed by atoms with Crippen LogP contribution in [0, 0.1) is 5.92 Å². The summed E-state index contributed by atoms with van der Waals surface area (Å²) in [5, 5.41) is 14.1. The summed E-state index contributed by atoms with van der Waals surface area (Å²) >= 11 is 0. The van der Waals surface area contributed by atoms with E-state index >= 15 is 0 Å². The number of urea groups is 1. The molecule has 110 valence electrons. The fraction of sp³-hybridized carbons (Fsp3) is 0.500. The molecule has 6 nitrogen and oxygen atoms in total. The fourth-order valence-electron chi connectivity index (χ4n) is 1.75. The summed E-state index contributed by atoms with van der Waals surface area (Å²) in [6.07, 6.45) is 2.71. The summed E-state index contributed by atoms with van der Waals surface area (Å²) in [5.41, 5.74) is 0.879. The molecule has 0 radical (unpaired) electrons. The minimum Gasteiger partial charge on any atom is -0.480 e. The van der Waals surface area contributed by atoms with Crippen LogP contribution in [0.15, 0.2) is 24.4 Å². The van der Waals surface area contributed by atoms with Crippen molar-refractivity contribution in [2.24, 2.45) is 5.92 Å². The van der Waals surface area contributed by atoms with Crippen molar-refractivity contribution in [3.63, 3.8) is 0 Å². The number of rotatable bonds is 7. The van der Waals surface area contributed by atoms with Gasteiger partial charge in [-0.05, 0) is 24.5 Å². The Morgan fingerprint density at radius 2 is 2.10 bits per heavy atom. The van der Waals surface area contributed by atoms with E-state index in [1.165, 1.54) is 0 Å². The molecule has 0 saturated carbocycles. The van der Waals surface area contributed by atoms with E-state index in [9.17, 15) is 9.59 Å². The molecule has 0 fully saturated rings. The summed E-state index contributed by atoms with van der Waals surface area (Å²) in [6, 6.07) is 4.26. The summed E-state index contributed by atoms with van der Waals surface area (Å²) in [4.78, 5) is 26.8. The summed E-state index contributed by atoms with van der Waals surface area (Å²) in [6.45, 7) is 4.24. The average molecular weight is 279 g/mol. The molecule has 6 heteroatoms. The van der Waals surface area contributed by atoms with E-state index in [4.69, 9.17) is 5.11 Å². The van der Waals surface area contributed by atoms with Crippen LogP contribution in [0.2, 0.25) is 0 Å². The van der Waals surface area contributed by atoms with E-state index in [2.05, 4.69) is 15.6 Å². The lowest BCUT2D eigenvalue weighted by atomic mass is 10.0. The molecule has 0 saturated heterocycles. The number of aromatic nitrogens is 1. The van der Waals surface area contributed by atoms with Gasteiger partial charge in [-0.15, -0.1) is 0 Å². The largest absolute Gasteiger partial charge is 0.480 e. The Kier molecular flexibility index (Phi) is 6.49. The number of hydrogen-bond donors (Lipinski definition) is 3. The van der Waals surface area contributed by atoms with E-state index in [1.807, 2.05) is 32.0 Å². The van der Waals surface area contributed by atoms with Crippen molar-refractivity contribution in [2.45, 2.75) is 32.7 Å². The molecule has 1 aromatic heterocycles. The Hall–Kier alpha value is -2.11. The van der Waals surface area contributed by atoms with E-state index in [0.717, 1.165) is 5.69 Å². The normalized spacial score (nSPS) is 11.9. The Morgan fingerprint density at radius 3 is 2.65 bits per heavy atom. The van der Waals surface area contributed by atoms with Gasteiger partial charge < -0.3 is 15.7 Å². The smallest absolute Gasteiger partial charge is 0.326 e. The third-order valence-corrected chi connectivity index (χ3v) is 2.70. The van der Waals surface area contributed by atoms with Gasteiger partial charge >= 0.3 is 12.0 Å². The molecule has 1 atom stereocenters. The Balaban J connectivity index is 2.33. The second-order valence-corrected chi connectivity index (χ2v) is 4.99. The van der Waals surface area contributed by atoms with Crippen molar-refractivity contribution in [1.29, 1.82) is 0 Å². The van der Waals surface area contributed by atoms with Gasteiger partial charge in [-0.3, -0.25) is 4.98 Å². The first-order valence-corrected chi connectivity index (χ1v) is 6.66. The van der Waals surface area contributed by atoms with Crippen LogP contribution < -0.4 is 10.6 Å². The highest BCUT2D eigenvalue weighted by molar-refractivity contribution is 5.82. The van der Waals surface area contributed by atoms with E-state index in [0.29, 0.717) is 19.4 Å². The van der Waals surface area contributed by atoms with Crippen molar-refractivity contribution in [3.8, 4) is 0 Å². The van der Waals surface area contributed by atoms with Gasteiger partial charge in [0.25, 0.3) is 0 Å². The number of amides is 2. The number of carbonyl (C=O) groups is 2. The number of carboxylic acids is 1. The average Bonchev–Trinajstić information content (AvgIpc) is 2.38. The Morgan fingerprint density at radius 1 is 1.35 bits per heavy atom. The molecule has 1 aromatic rings. The summed E-state index contributed by atoms with van der Waals surface area (Å²) < 4.78 is 0. The molecular formula is C14H21N3O3. The first-order chi connectivity index (χ1) is 9.49. The van der Waals surface area contributed by atoms with Gasteiger partial charge in [-0.2, -0.15) is 0 Å². The predicted molar refractivity (Wildman–Crippen MR) is 75.4 cm³/mol. The first kappa shape index (κ1) is 15.9. The molecule has 1 unspecified atom stereocenters. The lowest BCUT2D eigenvalue weighted by Crippen LogP contribution is -2.47. The highest BCUT2D eigenvalue weighted by Crippen LogP contribution is 2.04. The van der Waals surface area contributed by atoms with Crippen molar-refractivity contribution < 1.29 is 14.7 Å². The fourth-order valence-corrected chi connectivity index (χ4v) is 1.75.